The lowest BCUT2D eigenvalue weighted by atomic mass is 9.81. The van der Waals surface area contributed by atoms with Crippen molar-refractivity contribution >= 4 is 10.0 Å². The fourth-order valence-electron chi connectivity index (χ4n) is 6.02. The van der Waals surface area contributed by atoms with E-state index in [9.17, 15) is 8.42 Å². The Morgan fingerprint density at radius 1 is 1.21 bits per heavy atom. The molecule has 1 aromatic rings. The molecule has 6 rings (SSSR count). The van der Waals surface area contributed by atoms with Crippen LogP contribution >= 0.6 is 0 Å². The molecular formula is C22H32N2O4S. The van der Waals surface area contributed by atoms with Gasteiger partial charge in [0, 0.05) is 29.6 Å². The molecule has 0 aromatic heterocycles. The van der Waals surface area contributed by atoms with E-state index in [1.807, 2.05) is 0 Å². The van der Waals surface area contributed by atoms with Crippen LogP contribution < -0.4 is 9.46 Å². The normalized spacial score (nSPS) is 37.7. The topological polar surface area (TPSA) is 67.9 Å². The number of hydrogen-bond acceptors (Lipinski definition) is 5. The van der Waals surface area contributed by atoms with Gasteiger partial charge in [0.1, 0.15) is 12.4 Å². The fraction of sp³-hybridized carbons (Fsp3) is 0.727. The van der Waals surface area contributed by atoms with Crippen LogP contribution in [0.25, 0.3) is 0 Å². The minimum atomic E-state index is -3.25. The third-order valence-corrected chi connectivity index (χ3v) is 8.24. The molecule has 0 amide bonds. The number of para-hydroxylation sites is 1. The average molecular weight is 421 g/mol. The second-order valence-electron chi connectivity index (χ2n) is 9.37. The molecule has 1 saturated heterocycles. The molecule has 5 aliphatic rings. The Balaban J connectivity index is 1.41. The van der Waals surface area contributed by atoms with Crippen LogP contribution in [0.5, 0.6) is 5.75 Å². The largest absolute Gasteiger partial charge is 0.492 e. The minimum Gasteiger partial charge on any atom is -0.492 e. The van der Waals surface area contributed by atoms with Gasteiger partial charge < -0.3 is 9.47 Å². The van der Waals surface area contributed by atoms with Crippen molar-refractivity contribution in [1.82, 2.24) is 9.62 Å². The first-order valence-corrected chi connectivity index (χ1v) is 12.9. The summed E-state index contributed by atoms with van der Waals surface area (Å²) < 4.78 is 39.4. The Morgan fingerprint density at radius 3 is 2.90 bits per heavy atom. The molecular weight excluding hydrogens is 388 g/mol. The number of benzene rings is 1. The van der Waals surface area contributed by atoms with Crippen LogP contribution in [0.3, 0.4) is 0 Å². The number of rotatable bonds is 2. The highest BCUT2D eigenvalue weighted by Gasteiger charge is 2.59. The van der Waals surface area contributed by atoms with Crippen LogP contribution in [-0.2, 0) is 20.2 Å². The van der Waals surface area contributed by atoms with Crippen LogP contribution in [0, 0.1) is 5.92 Å². The van der Waals surface area contributed by atoms with Crippen LogP contribution in [0.1, 0.15) is 44.1 Å². The Hall–Kier alpha value is -1.15. The quantitative estimate of drug-likeness (QED) is 0.795. The van der Waals surface area contributed by atoms with Gasteiger partial charge in [-0.2, -0.15) is 0 Å². The van der Waals surface area contributed by atoms with Gasteiger partial charge >= 0.3 is 0 Å². The molecule has 1 N–H and O–H groups in total. The second-order valence-corrected chi connectivity index (χ2v) is 11.2. The van der Waals surface area contributed by atoms with Crippen LogP contribution in [0.4, 0.5) is 0 Å². The van der Waals surface area contributed by atoms with Crippen molar-refractivity contribution in [3.8, 4) is 5.75 Å². The number of ether oxygens (including phenoxy) is 2. The Labute approximate surface area is 174 Å². The van der Waals surface area contributed by atoms with Gasteiger partial charge in [0.15, 0.2) is 0 Å². The molecule has 1 spiro atoms. The van der Waals surface area contributed by atoms with E-state index in [0.29, 0.717) is 19.1 Å². The lowest BCUT2D eigenvalue weighted by Crippen LogP contribution is -2.58. The first-order valence-electron chi connectivity index (χ1n) is 11.0. The standard InChI is InChI=1S/C22H32N2O4S/c1-29(25,26)23-19-6-4-10-24-11-12-27-21-7-3-2-5-18(21)22-9-8-17(13-16(22)14-22)28-15-20(19)24/h2-3,5,7,16-17,19-20,23H,4,6,8-15H2,1H3/t16?,17-,19?,20-,22-/m0/s1. The van der Waals surface area contributed by atoms with Gasteiger partial charge in [-0.05, 0) is 57.1 Å². The predicted octanol–water partition coefficient (Wildman–Crippen LogP) is 2.29. The van der Waals surface area contributed by atoms with E-state index in [0.717, 1.165) is 50.9 Å². The lowest BCUT2D eigenvalue weighted by molar-refractivity contribution is -0.0295. The first kappa shape index (κ1) is 19.8. The maximum absolute atomic E-state index is 11.9. The SMILES string of the molecule is CS(=O)(=O)NC1CCCN2CCOc3ccccc3[C@]34CC[C@@H](CC3C4)OC[C@@H]12. The van der Waals surface area contributed by atoms with E-state index in [1.165, 1.54) is 18.2 Å². The fourth-order valence-corrected chi connectivity index (χ4v) is 6.84. The third kappa shape index (κ3) is 3.94. The first-order chi connectivity index (χ1) is 13.9. The van der Waals surface area contributed by atoms with E-state index in [4.69, 9.17) is 9.47 Å². The average Bonchev–Trinajstić information content (AvgIpc) is 3.40. The van der Waals surface area contributed by atoms with Crippen molar-refractivity contribution in [2.45, 2.75) is 62.1 Å². The van der Waals surface area contributed by atoms with Gasteiger partial charge in [-0.25, -0.2) is 13.1 Å². The summed E-state index contributed by atoms with van der Waals surface area (Å²) in [5.41, 5.74) is 1.67. The zero-order valence-electron chi connectivity index (χ0n) is 17.2. The molecule has 3 aliphatic heterocycles. The molecule has 3 fully saturated rings. The zero-order valence-corrected chi connectivity index (χ0v) is 18.0. The smallest absolute Gasteiger partial charge is 0.209 e. The number of piperidine rings is 1. The molecule has 29 heavy (non-hydrogen) atoms. The molecule has 5 atom stereocenters. The van der Waals surface area contributed by atoms with Crippen molar-refractivity contribution in [3.05, 3.63) is 29.8 Å². The van der Waals surface area contributed by atoms with E-state index < -0.39 is 10.0 Å². The summed E-state index contributed by atoms with van der Waals surface area (Å²) in [6.07, 6.45) is 7.94. The molecule has 7 heteroatoms. The number of sulfonamides is 1. The van der Waals surface area contributed by atoms with Crippen molar-refractivity contribution in [2.75, 3.05) is 32.6 Å². The number of nitrogens with one attached hydrogen (secondary N) is 1. The second kappa shape index (κ2) is 7.52. The maximum Gasteiger partial charge on any atom is 0.209 e. The van der Waals surface area contributed by atoms with Crippen LogP contribution in [0.15, 0.2) is 24.3 Å². The Kier molecular flexibility index (Phi) is 5.13. The van der Waals surface area contributed by atoms with Crippen molar-refractivity contribution < 1.29 is 17.9 Å². The summed E-state index contributed by atoms with van der Waals surface area (Å²) in [5.74, 6) is 1.71. The summed E-state index contributed by atoms with van der Waals surface area (Å²) in [4.78, 5) is 2.36. The minimum absolute atomic E-state index is 0.0592. The van der Waals surface area contributed by atoms with Gasteiger partial charge in [0.25, 0.3) is 0 Å². The summed E-state index contributed by atoms with van der Waals surface area (Å²) in [5, 5.41) is 0. The molecule has 2 unspecified atom stereocenters. The zero-order chi connectivity index (χ0) is 20.1. The van der Waals surface area contributed by atoms with Gasteiger partial charge in [0.05, 0.1) is 19.0 Å². The van der Waals surface area contributed by atoms with Crippen LogP contribution in [-0.4, -0.2) is 64.1 Å². The van der Waals surface area contributed by atoms with E-state index in [2.05, 4.69) is 33.9 Å². The molecule has 2 bridgehead atoms. The van der Waals surface area contributed by atoms with Crippen LogP contribution in [0.2, 0.25) is 0 Å². The monoisotopic (exact) mass is 420 g/mol. The van der Waals surface area contributed by atoms with E-state index >= 15 is 0 Å². The third-order valence-electron chi connectivity index (χ3n) is 7.51. The van der Waals surface area contributed by atoms with Crippen molar-refractivity contribution in [3.63, 3.8) is 0 Å². The molecule has 160 valence electrons. The highest BCUT2D eigenvalue weighted by Crippen LogP contribution is 2.64. The highest BCUT2D eigenvalue weighted by atomic mass is 32.2. The van der Waals surface area contributed by atoms with Crippen molar-refractivity contribution in [1.29, 1.82) is 0 Å². The van der Waals surface area contributed by atoms with Gasteiger partial charge in [-0.15, -0.1) is 0 Å². The molecule has 1 aromatic carbocycles. The van der Waals surface area contributed by atoms with E-state index in [1.54, 1.807) is 0 Å². The van der Waals surface area contributed by atoms with Gasteiger partial charge in [0.2, 0.25) is 10.0 Å². The maximum atomic E-state index is 11.9. The highest BCUT2D eigenvalue weighted by molar-refractivity contribution is 7.88. The molecule has 2 saturated carbocycles. The van der Waals surface area contributed by atoms with Gasteiger partial charge in [-0.1, -0.05) is 18.2 Å². The number of fused-ring (bicyclic) bond motifs is 4. The molecule has 3 heterocycles. The summed E-state index contributed by atoms with van der Waals surface area (Å²) in [7, 11) is -3.25. The lowest BCUT2D eigenvalue weighted by Gasteiger charge is -2.41. The summed E-state index contributed by atoms with van der Waals surface area (Å²) in [6.45, 7) is 2.94. The summed E-state index contributed by atoms with van der Waals surface area (Å²) in [6, 6.07) is 8.53. The number of nitrogens with zero attached hydrogens (tertiary/aromatic N) is 1. The van der Waals surface area contributed by atoms with Crippen molar-refractivity contribution in [2.24, 2.45) is 5.92 Å². The predicted molar refractivity (Wildman–Crippen MR) is 112 cm³/mol. The molecule has 2 aliphatic carbocycles. The summed E-state index contributed by atoms with van der Waals surface area (Å²) >= 11 is 0. The van der Waals surface area contributed by atoms with Gasteiger partial charge in [-0.3, -0.25) is 4.90 Å². The van der Waals surface area contributed by atoms with E-state index in [-0.39, 0.29) is 23.6 Å². The number of hydrogen-bond donors (Lipinski definition) is 1. The molecule has 6 nitrogen and oxygen atoms in total. The molecule has 0 radical (unpaired) electrons. The Morgan fingerprint density at radius 2 is 2.07 bits per heavy atom. The Bertz CT molecular complexity index is 860.